The second-order valence-electron chi connectivity index (χ2n) is 6.51. The molecule has 0 aliphatic heterocycles. The highest BCUT2D eigenvalue weighted by atomic mass is 16.5. The standard InChI is InChI=1S/C21H24O4/c1-24-18-9-10-20(25-2)17(12-18)13-19(21(22)23)16-8-7-14-5-3-4-6-15(14)11-16/h7-12,19H,3-6,13H2,1-2H3,(H,22,23). The van der Waals surface area contributed by atoms with E-state index in [0.717, 1.165) is 24.0 Å². The van der Waals surface area contributed by atoms with E-state index in [1.807, 2.05) is 24.3 Å². The van der Waals surface area contributed by atoms with Crippen LogP contribution in [0.5, 0.6) is 11.5 Å². The summed E-state index contributed by atoms with van der Waals surface area (Å²) in [6.07, 6.45) is 4.90. The topological polar surface area (TPSA) is 55.8 Å². The van der Waals surface area contributed by atoms with Crippen LogP contribution in [0.3, 0.4) is 0 Å². The van der Waals surface area contributed by atoms with Gasteiger partial charge in [0.25, 0.3) is 0 Å². The van der Waals surface area contributed by atoms with Crippen LogP contribution in [-0.4, -0.2) is 25.3 Å². The number of hydrogen-bond donors (Lipinski definition) is 1. The summed E-state index contributed by atoms with van der Waals surface area (Å²) < 4.78 is 10.7. The average molecular weight is 340 g/mol. The lowest BCUT2D eigenvalue weighted by Crippen LogP contribution is -2.16. The lowest BCUT2D eigenvalue weighted by molar-refractivity contribution is -0.138. The second kappa shape index (κ2) is 7.60. The maximum absolute atomic E-state index is 12.0. The van der Waals surface area contributed by atoms with E-state index in [9.17, 15) is 9.90 Å². The summed E-state index contributed by atoms with van der Waals surface area (Å²) in [4.78, 5) is 12.0. The van der Waals surface area contributed by atoms with E-state index in [2.05, 4.69) is 12.1 Å². The van der Waals surface area contributed by atoms with Crippen molar-refractivity contribution in [1.82, 2.24) is 0 Å². The molecule has 2 aromatic rings. The largest absolute Gasteiger partial charge is 0.497 e. The maximum Gasteiger partial charge on any atom is 0.311 e. The molecule has 1 aliphatic carbocycles. The Morgan fingerprint density at radius 2 is 1.80 bits per heavy atom. The van der Waals surface area contributed by atoms with Gasteiger partial charge in [-0.05, 0) is 72.6 Å². The Hall–Kier alpha value is -2.49. The van der Waals surface area contributed by atoms with Gasteiger partial charge < -0.3 is 14.6 Å². The Morgan fingerprint density at radius 1 is 1.04 bits per heavy atom. The minimum Gasteiger partial charge on any atom is -0.497 e. The van der Waals surface area contributed by atoms with Crippen LogP contribution in [0.2, 0.25) is 0 Å². The third-order valence-corrected chi connectivity index (χ3v) is 4.98. The molecule has 0 spiro atoms. The Kier molecular flexibility index (Phi) is 5.27. The quantitative estimate of drug-likeness (QED) is 0.864. The van der Waals surface area contributed by atoms with Crippen molar-refractivity contribution >= 4 is 5.97 Å². The number of benzene rings is 2. The van der Waals surface area contributed by atoms with Crippen molar-refractivity contribution in [1.29, 1.82) is 0 Å². The molecule has 0 heterocycles. The van der Waals surface area contributed by atoms with Crippen molar-refractivity contribution in [3.05, 3.63) is 58.7 Å². The zero-order valence-corrected chi connectivity index (χ0v) is 14.7. The van der Waals surface area contributed by atoms with Gasteiger partial charge >= 0.3 is 5.97 Å². The number of aliphatic carboxylic acids is 1. The highest BCUT2D eigenvalue weighted by Gasteiger charge is 2.24. The maximum atomic E-state index is 12.0. The summed E-state index contributed by atoms with van der Waals surface area (Å²) >= 11 is 0. The number of rotatable bonds is 6. The molecule has 0 bridgehead atoms. The normalized spacial score (nSPS) is 14.5. The highest BCUT2D eigenvalue weighted by Crippen LogP contribution is 2.32. The van der Waals surface area contributed by atoms with Crippen LogP contribution in [-0.2, 0) is 24.1 Å². The number of ether oxygens (including phenoxy) is 2. The first-order valence-corrected chi connectivity index (χ1v) is 8.67. The summed E-state index contributed by atoms with van der Waals surface area (Å²) in [6.45, 7) is 0. The summed E-state index contributed by atoms with van der Waals surface area (Å²) in [5.74, 6) is -0.0377. The highest BCUT2D eigenvalue weighted by molar-refractivity contribution is 5.77. The molecule has 1 unspecified atom stereocenters. The van der Waals surface area contributed by atoms with Gasteiger partial charge in [-0.3, -0.25) is 4.79 Å². The molecular formula is C21H24O4. The van der Waals surface area contributed by atoms with Gasteiger partial charge in [-0.25, -0.2) is 0 Å². The number of carboxylic acids is 1. The number of carbonyl (C=O) groups is 1. The van der Waals surface area contributed by atoms with E-state index in [1.54, 1.807) is 14.2 Å². The second-order valence-corrected chi connectivity index (χ2v) is 6.51. The molecule has 1 aliphatic rings. The molecule has 0 saturated carbocycles. The van der Waals surface area contributed by atoms with Crippen LogP contribution in [0.1, 0.15) is 41.0 Å². The van der Waals surface area contributed by atoms with E-state index >= 15 is 0 Å². The number of hydrogen-bond acceptors (Lipinski definition) is 3. The molecule has 132 valence electrons. The number of fused-ring (bicyclic) bond motifs is 1. The average Bonchev–Trinajstić information content (AvgIpc) is 2.65. The number of methoxy groups -OCH3 is 2. The van der Waals surface area contributed by atoms with Gasteiger partial charge in [0.05, 0.1) is 20.1 Å². The lowest BCUT2D eigenvalue weighted by atomic mass is 9.85. The SMILES string of the molecule is COc1ccc(OC)c(CC(C(=O)O)c2ccc3c(c2)CCCC3)c1. The molecule has 3 rings (SSSR count). The Labute approximate surface area is 148 Å². The summed E-state index contributed by atoms with van der Waals surface area (Å²) in [5, 5.41) is 9.81. The predicted octanol–water partition coefficient (Wildman–Crippen LogP) is 3.99. The van der Waals surface area contributed by atoms with Gasteiger partial charge in [-0.2, -0.15) is 0 Å². The Bertz CT molecular complexity index is 766. The molecule has 0 amide bonds. The van der Waals surface area contributed by atoms with Crippen molar-refractivity contribution in [2.75, 3.05) is 14.2 Å². The summed E-state index contributed by atoms with van der Waals surface area (Å²) in [6, 6.07) is 11.6. The summed E-state index contributed by atoms with van der Waals surface area (Å²) in [5.41, 5.74) is 4.36. The molecule has 0 fully saturated rings. The van der Waals surface area contributed by atoms with Crippen molar-refractivity contribution in [2.45, 2.75) is 38.0 Å². The van der Waals surface area contributed by atoms with Crippen LogP contribution in [0.15, 0.2) is 36.4 Å². The fourth-order valence-electron chi connectivity index (χ4n) is 3.58. The third kappa shape index (κ3) is 3.78. The molecule has 0 saturated heterocycles. The van der Waals surface area contributed by atoms with Crippen LogP contribution in [0, 0.1) is 0 Å². The van der Waals surface area contributed by atoms with Gasteiger partial charge in [0.1, 0.15) is 11.5 Å². The molecule has 4 nitrogen and oxygen atoms in total. The van der Waals surface area contributed by atoms with Crippen molar-refractivity contribution in [3.8, 4) is 11.5 Å². The van der Waals surface area contributed by atoms with Crippen LogP contribution in [0.25, 0.3) is 0 Å². The molecule has 0 aromatic heterocycles. The monoisotopic (exact) mass is 340 g/mol. The van der Waals surface area contributed by atoms with E-state index in [4.69, 9.17) is 9.47 Å². The molecule has 0 radical (unpaired) electrons. The fraction of sp³-hybridized carbons (Fsp3) is 0.381. The van der Waals surface area contributed by atoms with Crippen LogP contribution >= 0.6 is 0 Å². The van der Waals surface area contributed by atoms with Gasteiger partial charge in [0, 0.05) is 0 Å². The first-order valence-electron chi connectivity index (χ1n) is 8.67. The Balaban J connectivity index is 1.93. The van der Waals surface area contributed by atoms with Gasteiger partial charge in [0.2, 0.25) is 0 Å². The zero-order chi connectivity index (χ0) is 17.8. The number of carboxylic acid groups (broad SMARTS) is 1. The Morgan fingerprint density at radius 3 is 2.48 bits per heavy atom. The molecule has 25 heavy (non-hydrogen) atoms. The molecule has 1 atom stereocenters. The van der Waals surface area contributed by atoms with E-state index in [1.165, 1.54) is 24.0 Å². The third-order valence-electron chi connectivity index (χ3n) is 4.98. The zero-order valence-electron chi connectivity index (χ0n) is 14.7. The molecule has 4 heteroatoms. The smallest absolute Gasteiger partial charge is 0.311 e. The van der Waals surface area contributed by atoms with Gasteiger partial charge in [0.15, 0.2) is 0 Å². The van der Waals surface area contributed by atoms with Crippen LogP contribution in [0.4, 0.5) is 0 Å². The molecule has 2 aromatic carbocycles. The molecule has 1 N–H and O–H groups in total. The van der Waals surface area contributed by atoms with Crippen molar-refractivity contribution in [2.24, 2.45) is 0 Å². The van der Waals surface area contributed by atoms with Crippen molar-refractivity contribution < 1.29 is 19.4 Å². The predicted molar refractivity (Wildman–Crippen MR) is 96.7 cm³/mol. The van der Waals surface area contributed by atoms with E-state index in [-0.39, 0.29) is 0 Å². The minimum absolute atomic E-state index is 0.370. The van der Waals surface area contributed by atoms with Gasteiger partial charge in [-0.1, -0.05) is 18.2 Å². The van der Waals surface area contributed by atoms with Crippen molar-refractivity contribution in [3.63, 3.8) is 0 Å². The lowest BCUT2D eigenvalue weighted by Gasteiger charge is -2.20. The first-order chi connectivity index (χ1) is 12.1. The van der Waals surface area contributed by atoms with E-state index in [0.29, 0.717) is 17.9 Å². The first kappa shape index (κ1) is 17.3. The van der Waals surface area contributed by atoms with Crippen LogP contribution < -0.4 is 9.47 Å². The van der Waals surface area contributed by atoms with Gasteiger partial charge in [-0.15, -0.1) is 0 Å². The molecular weight excluding hydrogens is 316 g/mol. The summed E-state index contributed by atoms with van der Waals surface area (Å²) in [7, 11) is 3.20. The fourth-order valence-corrected chi connectivity index (χ4v) is 3.58. The van der Waals surface area contributed by atoms with E-state index < -0.39 is 11.9 Å². The number of aryl methyl sites for hydroxylation is 2. The minimum atomic E-state index is -0.819.